The van der Waals surface area contributed by atoms with E-state index in [1.54, 1.807) is 18.2 Å². The minimum Gasteiger partial charge on any atom is -0.258 e. The average molecular weight is 281 g/mol. The van der Waals surface area contributed by atoms with E-state index in [9.17, 15) is 10.1 Å². The summed E-state index contributed by atoms with van der Waals surface area (Å²) in [6.45, 7) is 0.205. The van der Waals surface area contributed by atoms with Gasteiger partial charge in [-0.1, -0.05) is 48.5 Å². The third-order valence-corrected chi connectivity index (χ3v) is 2.98. The molecule has 0 bridgehead atoms. The molecule has 0 saturated heterocycles. The molecule has 7 heteroatoms. The zero-order valence-electron chi connectivity index (χ0n) is 11.0. The monoisotopic (exact) mass is 281 g/mol. The minimum atomic E-state index is -0.412. The molecule has 2 aromatic carbocycles. The molecular weight excluding hydrogens is 270 g/mol. The molecule has 0 unspecified atom stereocenters. The first-order valence-corrected chi connectivity index (χ1v) is 6.29. The Hall–Kier alpha value is -3.09. The van der Waals surface area contributed by atoms with Gasteiger partial charge in [-0.05, 0) is 5.21 Å². The fourth-order valence-electron chi connectivity index (χ4n) is 1.99. The molecule has 7 nitrogen and oxygen atoms in total. The normalized spacial score (nSPS) is 10.5. The van der Waals surface area contributed by atoms with Gasteiger partial charge in [0.05, 0.1) is 17.0 Å². The molecule has 1 heterocycles. The number of nitrogens with zero attached hydrogens (tertiary/aromatic N) is 5. The number of para-hydroxylation sites is 1. The van der Waals surface area contributed by atoms with Crippen LogP contribution >= 0.6 is 0 Å². The lowest BCUT2D eigenvalue weighted by molar-refractivity contribution is -0.385. The van der Waals surface area contributed by atoms with Gasteiger partial charge in [0.25, 0.3) is 5.69 Å². The van der Waals surface area contributed by atoms with Gasteiger partial charge in [0, 0.05) is 11.6 Å². The van der Waals surface area contributed by atoms with Crippen LogP contribution in [0, 0.1) is 10.1 Å². The number of nitro benzene ring substituents is 1. The predicted molar refractivity (Wildman–Crippen MR) is 75.5 cm³/mol. The Morgan fingerprint density at radius 1 is 1.05 bits per heavy atom. The van der Waals surface area contributed by atoms with Gasteiger partial charge in [-0.2, -0.15) is 4.80 Å². The summed E-state index contributed by atoms with van der Waals surface area (Å²) in [5.41, 5.74) is 1.45. The number of hydrogen-bond acceptors (Lipinski definition) is 5. The number of hydrogen-bond donors (Lipinski definition) is 0. The van der Waals surface area contributed by atoms with Crippen LogP contribution in [0.3, 0.4) is 0 Å². The van der Waals surface area contributed by atoms with Crippen LogP contribution in [0.25, 0.3) is 11.4 Å². The van der Waals surface area contributed by atoms with E-state index in [0.29, 0.717) is 11.4 Å². The highest BCUT2D eigenvalue weighted by atomic mass is 16.6. The zero-order valence-corrected chi connectivity index (χ0v) is 11.0. The number of tetrazole rings is 1. The Labute approximate surface area is 120 Å². The van der Waals surface area contributed by atoms with Crippen molar-refractivity contribution in [3.8, 4) is 11.4 Å². The molecule has 104 valence electrons. The Morgan fingerprint density at radius 2 is 1.76 bits per heavy atom. The van der Waals surface area contributed by atoms with Gasteiger partial charge in [0.2, 0.25) is 5.82 Å². The molecule has 0 aliphatic rings. The Bertz CT molecular complexity index is 770. The van der Waals surface area contributed by atoms with Crippen molar-refractivity contribution in [3.63, 3.8) is 0 Å². The summed E-state index contributed by atoms with van der Waals surface area (Å²) in [5, 5.41) is 23.1. The first kappa shape index (κ1) is 12.9. The number of nitro groups is 1. The average Bonchev–Trinajstić information content (AvgIpc) is 2.97. The summed E-state index contributed by atoms with van der Waals surface area (Å²) in [7, 11) is 0. The fraction of sp³-hybridized carbons (Fsp3) is 0.0714. The predicted octanol–water partition coefficient (Wildman–Crippen LogP) is 2.30. The van der Waals surface area contributed by atoms with E-state index in [2.05, 4.69) is 15.4 Å². The molecule has 3 rings (SSSR count). The smallest absolute Gasteiger partial charge is 0.258 e. The van der Waals surface area contributed by atoms with E-state index in [1.165, 1.54) is 10.9 Å². The number of benzene rings is 2. The molecule has 0 amide bonds. The Balaban J connectivity index is 1.87. The molecule has 0 radical (unpaired) electrons. The van der Waals surface area contributed by atoms with E-state index in [0.717, 1.165) is 5.56 Å². The molecule has 0 aliphatic carbocycles. The highest BCUT2D eigenvalue weighted by Crippen LogP contribution is 2.18. The molecule has 0 N–H and O–H groups in total. The van der Waals surface area contributed by atoms with Crippen molar-refractivity contribution >= 4 is 5.69 Å². The Morgan fingerprint density at radius 3 is 2.52 bits per heavy atom. The molecule has 0 spiro atoms. The van der Waals surface area contributed by atoms with Crippen molar-refractivity contribution in [1.82, 2.24) is 20.2 Å². The molecule has 0 aliphatic heterocycles. The van der Waals surface area contributed by atoms with Crippen LogP contribution in [0.4, 0.5) is 5.69 Å². The number of rotatable bonds is 4. The summed E-state index contributed by atoms with van der Waals surface area (Å²) in [6.07, 6.45) is 0. The SMILES string of the molecule is O=[N+]([O-])c1ccccc1Cn1nnc(-c2ccccc2)n1. The van der Waals surface area contributed by atoms with Gasteiger partial charge in [-0.15, -0.1) is 10.2 Å². The van der Waals surface area contributed by atoms with Crippen LogP contribution in [-0.2, 0) is 6.54 Å². The highest BCUT2D eigenvalue weighted by Gasteiger charge is 2.14. The first-order valence-electron chi connectivity index (χ1n) is 6.29. The van der Waals surface area contributed by atoms with Gasteiger partial charge < -0.3 is 0 Å². The summed E-state index contributed by atoms with van der Waals surface area (Å²) >= 11 is 0. The second-order valence-corrected chi connectivity index (χ2v) is 4.40. The highest BCUT2D eigenvalue weighted by molar-refractivity contribution is 5.53. The second-order valence-electron chi connectivity index (χ2n) is 4.40. The van der Waals surface area contributed by atoms with Crippen LogP contribution in [0.2, 0.25) is 0 Å². The Kier molecular flexibility index (Phi) is 3.38. The van der Waals surface area contributed by atoms with E-state index in [-0.39, 0.29) is 12.2 Å². The van der Waals surface area contributed by atoms with Gasteiger partial charge in [0.1, 0.15) is 0 Å². The van der Waals surface area contributed by atoms with Gasteiger partial charge in [0.15, 0.2) is 0 Å². The standard InChI is InChI=1S/C14H11N5O2/c20-19(21)13-9-5-4-8-12(13)10-18-16-14(15-17-18)11-6-2-1-3-7-11/h1-9H,10H2. The third kappa shape index (κ3) is 2.76. The van der Waals surface area contributed by atoms with Crippen LogP contribution in [0.5, 0.6) is 0 Å². The van der Waals surface area contributed by atoms with Crippen LogP contribution < -0.4 is 0 Å². The summed E-state index contributed by atoms with van der Waals surface area (Å²) < 4.78 is 0. The van der Waals surface area contributed by atoms with Crippen molar-refractivity contribution in [3.05, 3.63) is 70.3 Å². The quantitative estimate of drug-likeness (QED) is 0.541. The first-order chi connectivity index (χ1) is 10.2. The third-order valence-electron chi connectivity index (χ3n) is 2.98. The van der Waals surface area contributed by atoms with E-state index < -0.39 is 4.92 Å². The van der Waals surface area contributed by atoms with Crippen molar-refractivity contribution in [2.45, 2.75) is 6.54 Å². The van der Waals surface area contributed by atoms with Gasteiger partial charge in [-0.3, -0.25) is 10.1 Å². The molecule has 0 fully saturated rings. The second kappa shape index (κ2) is 5.49. The lowest BCUT2D eigenvalue weighted by Crippen LogP contribution is -2.06. The summed E-state index contributed by atoms with van der Waals surface area (Å²) in [5.74, 6) is 0.495. The number of aromatic nitrogens is 4. The minimum absolute atomic E-state index is 0.0519. The van der Waals surface area contributed by atoms with Crippen LogP contribution in [-0.4, -0.2) is 25.1 Å². The van der Waals surface area contributed by atoms with E-state index in [4.69, 9.17) is 0 Å². The zero-order chi connectivity index (χ0) is 14.7. The van der Waals surface area contributed by atoms with Crippen molar-refractivity contribution < 1.29 is 4.92 Å². The molecular formula is C14H11N5O2. The van der Waals surface area contributed by atoms with Crippen LogP contribution in [0.15, 0.2) is 54.6 Å². The van der Waals surface area contributed by atoms with Crippen LogP contribution in [0.1, 0.15) is 5.56 Å². The molecule has 0 atom stereocenters. The maximum atomic E-state index is 11.0. The van der Waals surface area contributed by atoms with Crippen molar-refractivity contribution in [1.29, 1.82) is 0 Å². The van der Waals surface area contributed by atoms with Crippen molar-refractivity contribution in [2.75, 3.05) is 0 Å². The molecule has 21 heavy (non-hydrogen) atoms. The molecule has 0 saturated carbocycles. The topological polar surface area (TPSA) is 86.7 Å². The lowest BCUT2D eigenvalue weighted by atomic mass is 10.2. The maximum absolute atomic E-state index is 11.0. The summed E-state index contributed by atoms with van der Waals surface area (Å²) in [6, 6.07) is 16.0. The molecule has 1 aromatic heterocycles. The van der Waals surface area contributed by atoms with Crippen molar-refractivity contribution in [2.24, 2.45) is 0 Å². The fourth-order valence-corrected chi connectivity index (χ4v) is 1.99. The maximum Gasteiger partial charge on any atom is 0.274 e. The van der Waals surface area contributed by atoms with E-state index in [1.807, 2.05) is 30.3 Å². The van der Waals surface area contributed by atoms with E-state index >= 15 is 0 Å². The molecule has 3 aromatic rings. The largest absolute Gasteiger partial charge is 0.274 e. The lowest BCUT2D eigenvalue weighted by Gasteiger charge is -2.00. The summed E-state index contributed by atoms with van der Waals surface area (Å²) in [4.78, 5) is 11.9. The van der Waals surface area contributed by atoms with Gasteiger partial charge in [-0.25, -0.2) is 0 Å². The van der Waals surface area contributed by atoms with Gasteiger partial charge >= 0.3 is 0 Å².